The molecule has 2 amide bonds. The molecular weight excluding hydrogens is 623 g/mol. The van der Waals surface area contributed by atoms with Crippen molar-refractivity contribution in [2.24, 2.45) is 17.8 Å². The Morgan fingerprint density at radius 2 is 1.28 bits per heavy atom. The zero-order chi connectivity index (χ0) is 35.5. The number of carbonyl (C=O) groups is 8. The van der Waals surface area contributed by atoms with Gasteiger partial charge >= 0.3 is 24.0 Å². The molecule has 0 aliphatic heterocycles. The topological polar surface area (TPSA) is 198 Å². The second-order valence-corrected chi connectivity index (χ2v) is 11.0. The number of esters is 3. The molecular formula is C32H43FN2O12. The van der Waals surface area contributed by atoms with Gasteiger partial charge < -0.3 is 29.6 Å². The minimum Gasteiger partial charge on any atom is -0.469 e. The molecule has 47 heavy (non-hydrogen) atoms. The lowest BCUT2D eigenvalue weighted by Gasteiger charge is -2.26. The number of methoxy groups -OCH3 is 3. The first-order valence-corrected chi connectivity index (χ1v) is 14.9. The third-order valence-corrected chi connectivity index (χ3v) is 7.22. The Balaban J connectivity index is 3.17. The Morgan fingerprint density at radius 3 is 1.83 bits per heavy atom. The molecule has 0 saturated heterocycles. The molecule has 260 valence electrons. The van der Waals surface area contributed by atoms with Gasteiger partial charge in [0.2, 0.25) is 5.91 Å². The number of benzene rings is 1. The summed E-state index contributed by atoms with van der Waals surface area (Å²) in [5.74, 6) is -8.69. The van der Waals surface area contributed by atoms with Crippen LogP contribution in [0.15, 0.2) is 30.3 Å². The highest BCUT2D eigenvalue weighted by Gasteiger charge is 2.35. The Hall–Kier alpha value is -4.69. The zero-order valence-corrected chi connectivity index (χ0v) is 27.2. The van der Waals surface area contributed by atoms with Crippen molar-refractivity contribution in [2.45, 2.75) is 71.1 Å². The highest BCUT2D eigenvalue weighted by atomic mass is 19.1. The summed E-state index contributed by atoms with van der Waals surface area (Å²) in [7, 11) is 3.30. The normalized spacial score (nSPS) is 13.3. The maximum atomic E-state index is 13.5. The molecule has 14 nitrogen and oxygen atoms in total. The SMILES string of the molecule is COC(=O)CC[C@H](CC(=O)[C@H](CC(=O)OC)NC(=O)OCc1ccccc1)C(=O)N[C@H](C(=O)C[C@@H](CC(=O)OC)C(=O)CF)C(C)C. The monoisotopic (exact) mass is 666 g/mol. The molecule has 0 aliphatic rings. The van der Waals surface area contributed by atoms with Crippen molar-refractivity contribution >= 4 is 47.3 Å². The smallest absolute Gasteiger partial charge is 0.408 e. The second kappa shape index (κ2) is 21.2. The number of hydrogen-bond acceptors (Lipinski definition) is 12. The number of rotatable bonds is 21. The van der Waals surface area contributed by atoms with Crippen LogP contribution in [-0.4, -0.2) is 87.3 Å². The fourth-order valence-electron chi connectivity index (χ4n) is 4.46. The molecule has 0 heterocycles. The molecule has 4 atom stereocenters. The number of carbonyl (C=O) groups excluding carboxylic acids is 8. The van der Waals surface area contributed by atoms with E-state index in [-0.39, 0.29) is 19.4 Å². The summed E-state index contributed by atoms with van der Waals surface area (Å²) in [4.78, 5) is 101. The van der Waals surface area contributed by atoms with E-state index in [2.05, 4.69) is 24.8 Å². The summed E-state index contributed by atoms with van der Waals surface area (Å²) >= 11 is 0. The molecule has 2 N–H and O–H groups in total. The minimum absolute atomic E-state index is 0.127. The van der Waals surface area contributed by atoms with Crippen LogP contribution in [0.3, 0.4) is 0 Å². The van der Waals surface area contributed by atoms with Gasteiger partial charge in [-0.1, -0.05) is 44.2 Å². The van der Waals surface area contributed by atoms with Crippen molar-refractivity contribution in [1.82, 2.24) is 10.6 Å². The van der Waals surface area contributed by atoms with Crippen LogP contribution in [0.4, 0.5) is 9.18 Å². The molecule has 1 rings (SSSR count). The van der Waals surface area contributed by atoms with Crippen LogP contribution in [0.5, 0.6) is 0 Å². The maximum Gasteiger partial charge on any atom is 0.408 e. The van der Waals surface area contributed by atoms with Gasteiger partial charge in [0.15, 0.2) is 17.3 Å². The van der Waals surface area contributed by atoms with Crippen LogP contribution in [0.2, 0.25) is 0 Å². The molecule has 0 bridgehead atoms. The van der Waals surface area contributed by atoms with Crippen molar-refractivity contribution < 1.29 is 61.7 Å². The highest BCUT2D eigenvalue weighted by Crippen LogP contribution is 2.20. The number of ketones is 3. The number of hydrogen-bond donors (Lipinski definition) is 2. The Bertz CT molecular complexity index is 1250. The van der Waals surface area contributed by atoms with E-state index in [0.29, 0.717) is 5.56 Å². The summed E-state index contributed by atoms with van der Waals surface area (Å²) in [6, 6.07) is 5.99. The summed E-state index contributed by atoms with van der Waals surface area (Å²) in [6.07, 6.45) is -3.78. The Morgan fingerprint density at radius 1 is 0.702 bits per heavy atom. The van der Waals surface area contributed by atoms with E-state index in [1.165, 1.54) is 0 Å². The number of Topliss-reactive ketones (excluding diaryl/α,β-unsaturated/α-hetero) is 3. The summed E-state index contributed by atoms with van der Waals surface area (Å²) in [6.45, 7) is 1.66. The second-order valence-electron chi connectivity index (χ2n) is 11.0. The fourth-order valence-corrected chi connectivity index (χ4v) is 4.46. The van der Waals surface area contributed by atoms with E-state index in [4.69, 9.17) is 4.74 Å². The highest BCUT2D eigenvalue weighted by molar-refractivity contribution is 5.97. The van der Waals surface area contributed by atoms with Gasteiger partial charge in [0.25, 0.3) is 0 Å². The molecule has 0 aromatic heterocycles. The van der Waals surface area contributed by atoms with Crippen LogP contribution in [0, 0.1) is 17.8 Å². The van der Waals surface area contributed by atoms with Gasteiger partial charge in [-0.25, -0.2) is 9.18 Å². The van der Waals surface area contributed by atoms with E-state index >= 15 is 0 Å². The molecule has 0 spiro atoms. The molecule has 15 heteroatoms. The van der Waals surface area contributed by atoms with E-state index in [1.54, 1.807) is 44.2 Å². The predicted octanol–water partition coefficient (Wildman–Crippen LogP) is 2.19. The van der Waals surface area contributed by atoms with Gasteiger partial charge in [-0.05, 0) is 17.9 Å². The number of nitrogens with one attached hydrogen (secondary N) is 2. The number of alkyl halides is 1. The maximum absolute atomic E-state index is 13.5. The molecule has 1 aromatic rings. The fraction of sp³-hybridized carbons (Fsp3) is 0.562. The van der Waals surface area contributed by atoms with Crippen molar-refractivity contribution in [1.29, 1.82) is 0 Å². The molecule has 0 fully saturated rings. The summed E-state index contributed by atoms with van der Waals surface area (Å²) < 4.78 is 32.1. The lowest BCUT2D eigenvalue weighted by atomic mass is 9.87. The number of ether oxygens (including phenoxy) is 4. The predicted molar refractivity (Wildman–Crippen MR) is 162 cm³/mol. The minimum atomic E-state index is -1.47. The van der Waals surface area contributed by atoms with Gasteiger partial charge in [-0.2, -0.15) is 0 Å². The first-order valence-electron chi connectivity index (χ1n) is 14.9. The van der Waals surface area contributed by atoms with Crippen LogP contribution in [-0.2, 0) is 59.1 Å². The summed E-state index contributed by atoms with van der Waals surface area (Å²) in [5, 5.41) is 4.86. The summed E-state index contributed by atoms with van der Waals surface area (Å²) in [5.41, 5.74) is 0.665. The first-order chi connectivity index (χ1) is 22.3. The zero-order valence-electron chi connectivity index (χ0n) is 27.2. The third-order valence-electron chi connectivity index (χ3n) is 7.22. The lowest BCUT2D eigenvalue weighted by molar-refractivity contribution is -0.145. The lowest BCUT2D eigenvalue weighted by Crippen LogP contribution is -2.49. The van der Waals surface area contributed by atoms with E-state index in [1.807, 2.05) is 0 Å². The molecule has 0 unspecified atom stereocenters. The van der Waals surface area contributed by atoms with Gasteiger partial charge in [0, 0.05) is 31.1 Å². The van der Waals surface area contributed by atoms with Crippen molar-refractivity contribution in [3.63, 3.8) is 0 Å². The van der Waals surface area contributed by atoms with Crippen molar-refractivity contribution in [3.05, 3.63) is 35.9 Å². The van der Waals surface area contributed by atoms with E-state index in [0.717, 1.165) is 21.3 Å². The standard InChI is InChI=1S/C32H43FN2O12/c1-19(2)30(25(37)14-22(26(38)17-33)15-28(40)45-4)35-31(42)21(11-12-27(39)44-3)13-24(36)23(16-29(41)46-5)34-32(43)47-18-20-9-7-6-8-10-20/h6-10,19,21-23,30H,11-18H2,1-5H3,(H,34,43)(H,35,42)/t21-,22+,23+,30+/m1/s1. The van der Waals surface area contributed by atoms with Gasteiger partial charge in [-0.3, -0.25) is 33.6 Å². The van der Waals surface area contributed by atoms with Crippen molar-refractivity contribution in [2.75, 3.05) is 28.0 Å². The Kier molecular flexibility index (Phi) is 18.2. The number of alkyl carbamates (subject to hydrolysis) is 1. The molecule has 0 saturated carbocycles. The van der Waals surface area contributed by atoms with E-state index < -0.39 is 109 Å². The van der Waals surface area contributed by atoms with Crippen LogP contribution >= 0.6 is 0 Å². The average Bonchev–Trinajstić information content (AvgIpc) is 3.06. The molecule has 0 radical (unpaired) electrons. The third kappa shape index (κ3) is 15.0. The van der Waals surface area contributed by atoms with Crippen molar-refractivity contribution in [3.8, 4) is 0 Å². The molecule has 1 aromatic carbocycles. The average molecular weight is 667 g/mol. The largest absolute Gasteiger partial charge is 0.469 e. The van der Waals surface area contributed by atoms with Crippen LogP contribution < -0.4 is 10.6 Å². The number of amides is 2. The van der Waals surface area contributed by atoms with Gasteiger partial charge in [-0.15, -0.1) is 0 Å². The Labute approximate surface area is 272 Å². The van der Waals surface area contributed by atoms with E-state index in [9.17, 15) is 42.7 Å². The van der Waals surface area contributed by atoms with Crippen LogP contribution in [0.1, 0.15) is 57.9 Å². The quantitative estimate of drug-likeness (QED) is 0.144. The first kappa shape index (κ1) is 40.3. The molecule has 0 aliphatic carbocycles. The van der Waals surface area contributed by atoms with Gasteiger partial charge in [0.1, 0.15) is 19.3 Å². The number of halogens is 1. The van der Waals surface area contributed by atoms with Gasteiger partial charge in [0.05, 0.1) is 40.2 Å². The van der Waals surface area contributed by atoms with Crippen LogP contribution in [0.25, 0.3) is 0 Å².